The van der Waals surface area contributed by atoms with E-state index < -0.39 is 5.96 Å². The molecule has 0 radical (unpaired) electrons. The molecule has 2 nitrogen and oxygen atoms in total. The Kier molecular flexibility index (Phi) is 5.84. The zero-order valence-corrected chi connectivity index (χ0v) is 11.6. The second kappa shape index (κ2) is 5.86. The molecule has 0 atom stereocenters. The first-order valence-corrected chi connectivity index (χ1v) is 9.33. The Labute approximate surface area is 97.7 Å². The van der Waals surface area contributed by atoms with E-state index in [1.54, 1.807) is 0 Å². The van der Waals surface area contributed by atoms with Crippen molar-refractivity contribution in [2.75, 3.05) is 31.3 Å². The monoisotopic (exact) mass is 252 g/mol. The summed E-state index contributed by atoms with van der Waals surface area (Å²) in [5, 5.41) is 0. The van der Waals surface area contributed by atoms with E-state index in [1.807, 2.05) is 0 Å². The van der Waals surface area contributed by atoms with E-state index in [4.69, 9.17) is 16.0 Å². The molecule has 0 aliphatic rings. The minimum atomic E-state index is -2.11. The summed E-state index contributed by atoms with van der Waals surface area (Å²) in [5.74, 6) is -2.47. The fourth-order valence-corrected chi connectivity index (χ4v) is 4.62. The average molecular weight is 253 g/mol. The van der Waals surface area contributed by atoms with Crippen molar-refractivity contribution in [1.29, 1.82) is 0 Å². The third kappa shape index (κ3) is 4.12. The normalized spacial score (nSPS) is 14.0. The van der Waals surface area contributed by atoms with Gasteiger partial charge in [0.1, 0.15) is 0 Å². The first kappa shape index (κ1) is 14.9. The zero-order valence-electron chi connectivity index (χ0n) is 9.96. The molecule has 0 N–H and O–H groups in total. The molecule has 90 valence electrons. The van der Waals surface area contributed by atoms with Crippen LogP contribution in [0.2, 0.25) is 0 Å². The Hall–Kier alpha value is -0.0700. The summed E-state index contributed by atoms with van der Waals surface area (Å²) in [6.45, 7) is 10.2. The van der Waals surface area contributed by atoms with Gasteiger partial charge in [-0.25, -0.2) is 0 Å². The quantitative estimate of drug-likeness (QED) is 0.394. The molecule has 0 bridgehead atoms. The number of carbonyl (C=O) groups excluding carboxylic acids is 1. The molecule has 4 heteroatoms. The van der Waals surface area contributed by atoms with E-state index in [9.17, 15) is 4.79 Å². The van der Waals surface area contributed by atoms with Crippen molar-refractivity contribution in [3.05, 3.63) is 12.7 Å². The maximum absolute atomic E-state index is 10.9. The van der Waals surface area contributed by atoms with Crippen LogP contribution in [0, 0.1) is 0 Å². The van der Waals surface area contributed by atoms with Crippen LogP contribution in [0.1, 0.15) is 20.8 Å². The second-order valence-electron chi connectivity index (χ2n) is 3.86. The molecule has 0 aromatic carbocycles. The average Bonchev–Trinajstić information content (AvgIpc) is 2.29. The molecule has 0 aliphatic carbocycles. The van der Waals surface area contributed by atoms with Gasteiger partial charge in [0.15, 0.2) is 0 Å². The van der Waals surface area contributed by atoms with Crippen molar-refractivity contribution in [3.63, 3.8) is 0 Å². The van der Waals surface area contributed by atoms with Crippen LogP contribution in [-0.4, -0.2) is 37.2 Å². The minimum absolute atomic E-state index is 0.361. The van der Waals surface area contributed by atoms with E-state index in [0.717, 1.165) is 24.6 Å². The summed E-state index contributed by atoms with van der Waals surface area (Å²) in [6, 6.07) is 0. The van der Waals surface area contributed by atoms with E-state index in [2.05, 4.69) is 27.4 Å². The zero-order chi connectivity index (χ0) is 12.0. The maximum atomic E-state index is 10.9. The Bertz CT molecular complexity index is 226. The van der Waals surface area contributed by atoms with E-state index >= 15 is 0 Å². The summed E-state index contributed by atoms with van der Waals surface area (Å²) in [6.07, 6.45) is 5.02. The van der Waals surface area contributed by atoms with Crippen molar-refractivity contribution in [1.82, 2.24) is 0 Å². The molecular formula is C11H22ClO2P. The summed E-state index contributed by atoms with van der Waals surface area (Å²) in [7, 11) is 0. The molecular weight excluding hydrogens is 231 g/mol. The second-order valence-corrected chi connectivity index (χ2v) is 12.7. The van der Waals surface area contributed by atoms with Gasteiger partial charge in [0, 0.05) is 0 Å². The van der Waals surface area contributed by atoms with Gasteiger partial charge >= 0.3 is 97.4 Å². The molecule has 0 heterocycles. The molecule has 0 aromatic heterocycles. The van der Waals surface area contributed by atoms with Gasteiger partial charge in [-0.2, -0.15) is 0 Å². The van der Waals surface area contributed by atoms with Gasteiger partial charge in [0.2, 0.25) is 0 Å². The molecule has 0 amide bonds. The van der Waals surface area contributed by atoms with Gasteiger partial charge < -0.3 is 0 Å². The van der Waals surface area contributed by atoms with Crippen LogP contribution >= 0.6 is 17.2 Å². The number of esters is 1. The van der Waals surface area contributed by atoms with Crippen molar-refractivity contribution in [2.24, 2.45) is 0 Å². The van der Waals surface area contributed by atoms with Gasteiger partial charge in [-0.05, 0) is 0 Å². The number of carbonyl (C=O) groups is 1. The van der Waals surface area contributed by atoms with Crippen LogP contribution < -0.4 is 0 Å². The molecule has 15 heavy (non-hydrogen) atoms. The van der Waals surface area contributed by atoms with Crippen molar-refractivity contribution < 1.29 is 9.53 Å². The summed E-state index contributed by atoms with van der Waals surface area (Å²) in [4.78, 5) is 10.9. The van der Waals surface area contributed by atoms with E-state index in [0.29, 0.717) is 6.61 Å². The van der Waals surface area contributed by atoms with Gasteiger partial charge in [0.25, 0.3) is 0 Å². The van der Waals surface area contributed by atoms with Crippen LogP contribution in [0.25, 0.3) is 0 Å². The van der Waals surface area contributed by atoms with Crippen LogP contribution in [-0.2, 0) is 9.53 Å². The molecule has 0 spiro atoms. The molecule has 0 unspecified atom stereocenters. The summed E-state index contributed by atoms with van der Waals surface area (Å²) in [5.41, 5.74) is 0. The third-order valence-corrected chi connectivity index (χ3v) is 12.1. The van der Waals surface area contributed by atoms with Crippen molar-refractivity contribution in [3.8, 4) is 0 Å². The van der Waals surface area contributed by atoms with Crippen molar-refractivity contribution in [2.45, 2.75) is 20.8 Å². The standard InChI is InChI=1S/C11H22ClO2P/c1-5-11(13)14-9-10-15(12,6-2,7-3)8-4/h5H,1,6-10H2,2-4H3. The number of halogens is 1. The van der Waals surface area contributed by atoms with Crippen molar-refractivity contribution >= 4 is 23.2 Å². The fraction of sp³-hybridized carbons (Fsp3) is 0.727. The Morgan fingerprint density at radius 2 is 1.80 bits per heavy atom. The van der Waals surface area contributed by atoms with Gasteiger partial charge in [0.05, 0.1) is 0 Å². The SMILES string of the molecule is C=CC(=O)OCCP(Cl)(CC)(CC)CC. The molecule has 0 fully saturated rings. The van der Waals surface area contributed by atoms with Gasteiger partial charge in [-0.3, -0.25) is 0 Å². The number of hydrogen-bond acceptors (Lipinski definition) is 2. The van der Waals surface area contributed by atoms with Crippen LogP contribution in [0.15, 0.2) is 12.7 Å². The fourth-order valence-electron chi connectivity index (χ4n) is 1.58. The molecule has 0 saturated carbocycles. The topological polar surface area (TPSA) is 26.3 Å². The third-order valence-electron chi connectivity index (χ3n) is 3.43. The van der Waals surface area contributed by atoms with E-state index in [1.165, 1.54) is 6.08 Å². The van der Waals surface area contributed by atoms with Crippen LogP contribution in [0.4, 0.5) is 0 Å². The predicted octanol–water partition coefficient (Wildman–Crippen LogP) is 3.48. The molecule has 0 rings (SSSR count). The Morgan fingerprint density at radius 1 is 1.33 bits per heavy atom. The molecule has 0 aromatic rings. The first-order valence-electron chi connectivity index (χ1n) is 5.45. The van der Waals surface area contributed by atoms with Gasteiger partial charge in [-0.15, -0.1) is 0 Å². The summed E-state index contributed by atoms with van der Waals surface area (Å²) >= 11 is 6.79. The number of ether oxygens (including phenoxy) is 1. The number of rotatable bonds is 7. The van der Waals surface area contributed by atoms with Crippen LogP contribution in [0.3, 0.4) is 0 Å². The molecule has 0 aliphatic heterocycles. The predicted molar refractivity (Wildman–Crippen MR) is 70.4 cm³/mol. The Morgan fingerprint density at radius 3 is 2.13 bits per heavy atom. The van der Waals surface area contributed by atoms with Crippen LogP contribution in [0.5, 0.6) is 0 Å². The Balaban J connectivity index is 4.32. The van der Waals surface area contributed by atoms with Gasteiger partial charge in [-0.1, -0.05) is 0 Å². The summed E-state index contributed by atoms with van der Waals surface area (Å²) < 4.78 is 5.01. The molecule has 0 saturated heterocycles. The first-order chi connectivity index (χ1) is 6.93. The van der Waals surface area contributed by atoms with E-state index in [-0.39, 0.29) is 5.97 Å². The number of hydrogen-bond donors (Lipinski definition) is 0.